The van der Waals surface area contributed by atoms with Crippen molar-refractivity contribution in [2.45, 2.75) is 0 Å². The summed E-state index contributed by atoms with van der Waals surface area (Å²) in [4.78, 5) is 20.9. The summed E-state index contributed by atoms with van der Waals surface area (Å²) in [7, 11) is 0. The predicted octanol–water partition coefficient (Wildman–Crippen LogP) is 14.0. The van der Waals surface area contributed by atoms with E-state index in [9.17, 15) is 0 Å². The summed E-state index contributed by atoms with van der Waals surface area (Å²) in [5, 5.41) is 2.29. The van der Waals surface area contributed by atoms with Gasteiger partial charge in [-0.3, -0.25) is 0 Å². The second kappa shape index (κ2) is 13.5. The number of fused-ring (bicyclic) bond motifs is 6. The van der Waals surface area contributed by atoms with Crippen LogP contribution in [0.3, 0.4) is 0 Å². The Hall–Kier alpha value is -6.86. The fraction of sp³-hybridized carbons (Fsp3) is 0. The van der Waals surface area contributed by atoms with Crippen molar-refractivity contribution in [3.05, 3.63) is 182 Å². The quantitative estimate of drug-likeness (QED) is 0.170. The van der Waals surface area contributed by atoms with Crippen LogP contribution in [0.25, 0.3) is 108 Å². The van der Waals surface area contributed by atoms with Crippen molar-refractivity contribution in [2.75, 3.05) is 0 Å². The van der Waals surface area contributed by atoms with Gasteiger partial charge in [-0.1, -0.05) is 170 Å². The lowest BCUT2D eigenvalue weighted by molar-refractivity contribution is 1.23. The molecule has 0 bridgehead atoms. The standard InChI is InChI=1S/C50H30N4S2/c1-3-11-31(12-4-1)33-19-23-35(24-20-33)43-47-45(39-15-7-9-17-41(39)55-47)54-50(51-43)38-29-25-36(26-30-38)44-48-46(40-16-8-10-18-42(40)56-48)53-49(52-44)37-27-21-34(22-28-37)32-13-5-2-6-14-32/h1-30H. The van der Waals surface area contributed by atoms with Gasteiger partial charge in [0, 0.05) is 42.4 Å². The van der Waals surface area contributed by atoms with Gasteiger partial charge in [0.2, 0.25) is 0 Å². The molecule has 11 rings (SSSR count). The lowest BCUT2D eigenvalue weighted by Gasteiger charge is -2.10. The summed E-state index contributed by atoms with van der Waals surface area (Å²) in [5.74, 6) is 1.41. The topological polar surface area (TPSA) is 51.6 Å². The van der Waals surface area contributed by atoms with E-state index < -0.39 is 0 Å². The van der Waals surface area contributed by atoms with Gasteiger partial charge in [0.1, 0.15) is 0 Å². The number of hydrogen-bond donors (Lipinski definition) is 0. The predicted molar refractivity (Wildman–Crippen MR) is 236 cm³/mol. The van der Waals surface area contributed by atoms with E-state index in [1.807, 2.05) is 12.1 Å². The van der Waals surface area contributed by atoms with Crippen molar-refractivity contribution in [1.82, 2.24) is 19.9 Å². The minimum Gasteiger partial charge on any atom is -0.226 e. The maximum Gasteiger partial charge on any atom is 0.160 e. The third kappa shape index (κ3) is 5.66. The molecule has 0 atom stereocenters. The Bertz CT molecular complexity index is 3210. The maximum absolute atomic E-state index is 5.28. The Morgan fingerprint density at radius 1 is 0.268 bits per heavy atom. The van der Waals surface area contributed by atoms with Gasteiger partial charge in [0.15, 0.2) is 11.6 Å². The largest absolute Gasteiger partial charge is 0.226 e. The fourth-order valence-electron chi connectivity index (χ4n) is 7.50. The fourth-order valence-corrected chi connectivity index (χ4v) is 9.81. The number of benzene rings is 7. The van der Waals surface area contributed by atoms with Gasteiger partial charge < -0.3 is 0 Å². The third-order valence-corrected chi connectivity index (χ3v) is 12.7. The SMILES string of the molecule is c1ccc(-c2ccc(-c3nc(-c4ccc(-c5nc(-c6ccc(-c7ccccc7)cc6)c6sc7ccccc7c6n5)cc4)c4sc5ccccc5c4n3)cc2)cc1. The summed E-state index contributed by atoms with van der Waals surface area (Å²) in [6.07, 6.45) is 0. The lowest BCUT2D eigenvalue weighted by atomic mass is 10.0. The molecule has 0 aliphatic rings. The zero-order valence-electron chi connectivity index (χ0n) is 29.9. The molecule has 0 fully saturated rings. The average molecular weight is 751 g/mol. The van der Waals surface area contributed by atoms with Gasteiger partial charge in [-0.05, 0) is 34.4 Å². The molecule has 0 saturated carbocycles. The number of aromatic nitrogens is 4. The molecule has 6 heteroatoms. The molecular weight excluding hydrogens is 721 g/mol. The number of rotatable bonds is 6. The van der Waals surface area contributed by atoms with Crippen molar-refractivity contribution in [2.24, 2.45) is 0 Å². The molecule has 7 aromatic carbocycles. The van der Waals surface area contributed by atoms with E-state index in [2.05, 4.69) is 170 Å². The van der Waals surface area contributed by atoms with Gasteiger partial charge in [0.25, 0.3) is 0 Å². The van der Waals surface area contributed by atoms with Gasteiger partial charge in [-0.15, -0.1) is 22.7 Å². The highest BCUT2D eigenvalue weighted by Crippen LogP contribution is 2.42. The molecule has 11 aromatic rings. The molecule has 0 amide bonds. The van der Waals surface area contributed by atoms with E-state index in [1.54, 1.807) is 22.7 Å². The molecule has 0 aliphatic carbocycles. The highest BCUT2D eigenvalue weighted by Gasteiger charge is 2.19. The Kier molecular flexibility index (Phi) is 7.83. The van der Waals surface area contributed by atoms with Crippen LogP contribution >= 0.6 is 22.7 Å². The van der Waals surface area contributed by atoms with Crippen molar-refractivity contribution < 1.29 is 0 Å². The first-order valence-electron chi connectivity index (χ1n) is 18.5. The summed E-state index contributed by atoms with van der Waals surface area (Å²) >= 11 is 3.49. The number of thiophene rings is 2. The van der Waals surface area contributed by atoms with Crippen molar-refractivity contribution in [3.8, 4) is 67.5 Å². The zero-order valence-corrected chi connectivity index (χ0v) is 31.6. The molecule has 0 N–H and O–H groups in total. The lowest BCUT2D eigenvalue weighted by Crippen LogP contribution is -1.95. The average Bonchev–Trinajstić information content (AvgIpc) is 3.85. The highest BCUT2D eigenvalue weighted by molar-refractivity contribution is 7.26. The van der Waals surface area contributed by atoms with Crippen LogP contribution in [0.15, 0.2) is 182 Å². The van der Waals surface area contributed by atoms with Crippen LogP contribution in [0.2, 0.25) is 0 Å². The first-order valence-corrected chi connectivity index (χ1v) is 20.2. The smallest absolute Gasteiger partial charge is 0.160 e. The normalized spacial score (nSPS) is 11.6. The van der Waals surface area contributed by atoms with Gasteiger partial charge in [-0.2, -0.15) is 0 Å². The van der Waals surface area contributed by atoms with E-state index in [4.69, 9.17) is 19.9 Å². The molecule has 4 aromatic heterocycles. The Labute approximate surface area is 331 Å². The van der Waals surface area contributed by atoms with Gasteiger partial charge in [-0.25, -0.2) is 19.9 Å². The van der Waals surface area contributed by atoms with E-state index in [0.717, 1.165) is 70.4 Å². The van der Waals surface area contributed by atoms with Crippen LogP contribution in [0, 0.1) is 0 Å². The second-order valence-electron chi connectivity index (χ2n) is 13.8. The van der Waals surface area contributed by atoms with Crippen LogP contribution in [-0.2, 0) is 0 Å². The summed E-state index contributed by atoms with van der Waals surface area (Å²) < 4.78 is 4.57. The van der Waals surface area contributed by atoms with Gasteiger partial charge >= 0.3 is 0 Å². The van der Waals surface area contributed by atoms with E-state index in [0.29, 0.717) is 11.6 Å². The molecule has 4 nitrogen and oxygen atoms in total. The van der Waals surface area contributed by atoms with E-state index in [-0.39, 0.29) is 0 Å². The van der Waals surface area contributed by atoms with Crippen molar-refractivity contribution >= 4 is 63.3 Å². The molecule has 262 valence electrons. The van der Waals surface area contributed by atoms with Crippen molar-refractivity contribution in [1.29, 1.82) is 0 Å². The maximum atomic E-state index is 5.28. The van der Waals surface area contributed by atoms with Crippen LogP contribution in [0.5, 0.6) is 0 Å². The van der Waals surface area contributed by atoms with Crippen molar-refractivity contribution in [3.63, 3.8) is 0 Å². The van der Waals surface area contributed by atoms with E-state index in [1.165, 1.54) is 26.1 Å². The number of hydrogen-bond acceptors (Lipinski definition) is 6. The first-order chi connectivity index (χ1) is 27.7. The minimum atomic E-state index is 0.698. The molecular formula is C50H30N4S2. The summed E-state index contributed by atoms with van der Waals surface area (Å²) in [5.41, 5.74) is 12.6. The molecule has 0 radical (unpaired) electrons. The molecule has 0 saturated heterocycles. The molecule has 0 unspecified atom stereocenters. The zero-order chi connectivity index (χ0) is 37.0. The Morgan fingerprint density at radius 3 is 1.00 bits per heavy atom. The molecule has 0 aliphatic heterocycles. The van der Waals surface area contributed by atoms with Crippen LogP contribution in [0.4, 0.5) is 0 Å². The van der Waals surface area contributed by atoms with E-state index >= 15 is 0 Å². The highest BCUT2D eigenvalue weighted by atomic mass is 32.1. The minimum absolute atomic E-state index is 0.698. The molecule has 0 spiro atoms. The summed E-state index contributed by atoms with van der Waals surface area (Å²) in [6, 6.07) is 63.7. The number of nitrogens with zero attached hydrogens (tertiary/aromatic N) is 4. The Balaban J connectivity index is 1.02. The molecule has 56 heavy (non-hydrogen) atoms. The van der Waals surface area contributed by atoms with Crippen LogP contribution < -0.4 is 0 Å². The monoisotopic (exact) mass is 750 g/mol. The second-order valence-corrected chi connectivity index (χ2v) is 15.9. The third-order valence-electron chi connectivity index (χ3n) is 10.4. The van der Waals surface area contributed by atoms with Crippen LogP contribution in [-0.4, -0.2) is 19.9 Å². The van der Waals surface area contributed by atoms with Gasteiger partial charge in [0.05, 0.1) is 31.8 Å². The first kappa shape index (κ1) is 32.6. The summed E-state index contributed by atoms with van der Waals surface area (Å²) in [6.45, 7) is 0. The van der Waals surface area contributed by atoms with Crippen LogP contribution in [0.1, 0.15) is 0 Å². The Morgan fingerprint density at radius 2 is 0.589 bits per heavy atom. The molecule has 4 heterocycles.